The maximum Gasteiger partial charge on any atom is 0.573 e. The third-order valence-corrected chi connectivity index (χ3v) is 5.88. The van der Waals surface area contributed by atoms with Crippen LogP contribution in [-0.2, 0) is 14.6 Å². The van der Waals surface area contributed by atoms with Crippen LogP contribution in [0.15, 0.2) is 46.3 Å². The normalized spacial score (nSPS) is 12.9. The molecule has 0 aliphatic carbocycles. The van der Waals surface area contributed by atoms with Crippen LogP contribution in [0, 0.1) is 5.92 Å². The highest BCUT2D eigenvalue weighted by Crippen LogP contribution is 2.27. The number of anilines is 1. The van der Waals surface area contributed by atoms with Crippen molar-refractivity contribution in [1.82, 2.24) is 10.3 Å². The zero-order valence-corrected chi connectivity index (χ0v) is 17.8. The number of hydrogen-bond donors (Lipinski definition) is 3. The molecule has 0 fully saturated rings. The van der Waals surface area contributed by atoms with Crippen molar-refractivity contribution >= 4 is 27.3 Å². The number of nitrogens with one attached hydrogen (secondary N) is 1. The van der Waals surface area contributed by atoms with Crippen molar-refractivity contribution in [1.29, 1.82) is 0 Å². The molecule has 2 amide bonds. The van der Waals surface area contributed by atoms with E-state index < -0.39 is 39.8 Å². The highest BCUT2D eigenvalue weighted by atomic mass is 32.2. The molecule has 2 rings (SSSR count). The monoisotopic (exact) mass is 474 g/mol. The number of alkyl halides is 3. The van der Waals surface area contributed by atoms with Gasteiger partial charge in [0.2, 0.25) is 15.7 Å². The van der Waals surface area contributed by atoms with Gasteiger partial charge in [-0.25, -0.2) is 13.4 Å². The summed E-state index contributed by atoms with van der Waals surface area (Å²) in [5.41, 5.74) is 10.5. The number of hydrogen-bond acceptors (Lipinski definition) is 7. The summed E-state index contributed by atoms with van der Waals surface area (Å²) < 4.78 is 65.9. The van der Waals surface area contributed by atoms with Gasteiger partial charge in [-0.15, -0.1) is 13.2 Å². The minimum atomic E-state index is -4.92. The molecule has 0 unspecified atom stereocenters. The number of pyridine rings is 1. The van der Waals surface area contributed by atoms with Crippen molar-refractivity contribution in [2.24, 2.45) is 11.7 Å². The van der Waals surface area contributed by atoms with Crippen LogP contribution >= 0.6 is 0 Å². The van der Waals surface area contributed by atoms with Gasteiger partial charge in [-0.1, -0.05) is 13.8 Å². The van der Waals surface area contributed by atoms with Gasteiger partial charge in [0.1, 0.15) is 11.8 Å². The Kier molecular flexibility index (Phi) is 7.34. The lowest BCUT2D eigenvalue weighted by atomic mass is 10.0. The predicted molar refractivity (Wildman–Crippen MR) is 107 cm³/mol. The maximum absolute atomic E-state index is 12.7. The summed E-state index contributed by atoms with van der Waals surface area (Å²) in [5.74, 6) is -2.10. The van der Waals surface area contributed by atoms with E-state index in [-0.39, 0.29) is 33.5 Å². The van der Waals surface area contributed by atoms with E-state index in [1.165, 1.54) is 0 Å². The van der Waals surface area contributed by atoms with Crippen molar-refractivity contribution < 1.29 is 35.9 Å². The minimum Gasteiger partial charge on any atom is -0.406 e. The zero-order chi connectivity index (χ0) is 24.3. The molecule has 174 valence electrons. The summed E-state index contributed by atoms with van der Waals surface area (Å²) in [6.45, 7) is 3.66. The van der Waals surface area contributed by atoms with Crippen LogP contribution in [0.3, 0.4) is 0 Å². The van der Waals surface area contributed by atoms with Gasteiger partial charge in [-0.2, -0.15) is 0 Å². The van der Waals surface area contributed by atoms with Crippen molar-refractivity contribution in [2.75, 3.05) is 5.73 Å². The van der Waals surface area contributed by atoms with Crippen LogP contribution in [0.5, 0.6) is 5.75 Å². The SMILES string of the molecule is CC(C)C[C@H](NC(=O)c1ncc(S(=O)(=O)c2ccc(OC(F)(F)F)cc2)cc1N)C(N)=O. The Bertz CT molecular complexity index is 1100. The van der Waals surface area contributed by atoms with Crippen molar-refractivity contribution in [3.8, 4) is 5.75 Å². The van der Waals surface area contributed by atoms with Gasteiger partial charge >= 0.3 is 6.36 Å². The number of nitrogens with two attached hydrogens (primary N) is 2. The highest BCUT2D eigenvalue weighted by molar-refractivity contribution is 7.91. The number of halogens is 3. The lowest BCUT2D eigenvalue weighted by Crippen LogP contribution is -2.45. The largest absolute Gasteiger partial charge is 0.573 e. The average molecular weight is 474 g/mol. The van der Waals surface area contributed by atoms with Crippen LogP contribution < -0.4 is 21.5 Å². The summed E-state index contributed by atoms with van der Waals surface area (Å²) in [7, 11) is -4.20. The van der Waals surface area contributed by atoms with Crippen molar-refractivity contribution in [2.45, 2.75) is 42.5 Å². The molecule has 0 radical (unpaired) electrons. The standard InChI is InChI=1S/C19H21F3N4O5S/c1-10(2)7-15(17(24)27)26-18(28)16-14(23)8-13(9-25-16)32(29,30)12-5-3-11(4-6-12)31-19(20,21)22/h3-6,8-10,15H,7,23H2,1-2H3,(H2,24,27)(H,26,28)/t15-/m0/s1. The number of carbonyl (C=O) groups is 2. The smallest absolute Gasteiger partial charge is 0.406 e. The second kappa shape index (κ2) is 9.42. The van der Waals surface area contributed by atoms with Gasteiger partial charge in [0, 0.05) is 6.20 Å². The summed E-state index contributed by atoms with van der Waals surface area (Å²) in [6.07, 6.45) is -3.76. The molecule has 0 aliphatic rings. The Morgan fingerprint density at radius 2 is 1.75 bits per heavy atom. The summed E-state index contributed by atoms with van der Waals surface area (Å²) >= 11 is 0. The fourth-order valence-electron chi connectivity index (χ4n) is 2.70. The molecule has 0 bridgehead atoms. The first-order chi connectivity index (χ1) is 14.7. The van der Waals surface area contributed by atoms with E-state index in [9.17, 15) is 31.2 Å². The molecule has 1 atom stereocenters. The number of primary amides is 1. The fraction of sp³-hybridized carbons (Fsp3) is 0.316. The number of amides is 2. The molecular weight excluding hydrogens is 453 g/mol. The molecule has 5 N–H and O–H groups in total. The number of nitrogens with zero attached hydrogens (tertiary/aromatic N) is 1. The molecule has 0 aliphatic heterocycles. The predicted octanol–water partition coefficient (Wildman–Crippen LogP) is 2.03. The molecule has 32 heavy (non-hydrogen) atoms. The Balaban J connectivity index is 2.26. The van der Waals surface area contributed by atoms with Gasteiger partial charge in [-0.05, 0) is 42.7 Å². The van der Waals surface area contributed by atoms with E-state index in [4.69, 9.17) is 11.5 Å². The number of sulfone groups is 1. The summed E-state index contributed by atoms with van der Waals surface area (Å²) in [5, 5.41) is 2.41. The van der Waals surface area contributed by atoms with Crippen LogP contribution in [0.25, 0.3) is 0 Å². The minimum absolute atomic E-state index is 0.0542. The van der Waals surface area contributed by atoms with E-state index in [2.05, 4.69) is 15.0 Å². The average Bonchev–Trinajstić information content (AvgIpc) is 2.66. The second-order valence-electron chi connectivity index (χ2n) is 7.19. The number of carbonyl (C=O) groups excluding carboxylic acids is 2. The van der Waals surface area contributed by atoms with Crippen molar-refractivity contribution in [3.63, 3.8) is 0 Å². The van der Waals surface area contributed by atoms with Gasteiger partial charge in [0.15, 0.2) is 5.69 Å². The van der Waals surface area contributed by atoms with Gasteiger partial charge in [0.25, 0.3) is 5.91 Å². The molecule has 13 heteroatoms. The number of benzene rings is 1. The third-order valence-electron chi connectivity index (χ3n) is 4.14. The molecule has 9 nitrogen and oxygen atoms in total. The Hall–Kier alpha value is -3.35. The summed E-state index contributed by atoms with van der Waals surface area (Å²) in [4.78, 5) is 27.0. The zero-order valence-electron chi connectivity index (χ0n) is 17.0. The first-order valence-corrected chi connectivity index (χ1v) is 10.7. The van der Waals surface area contributed by atoms with Crippen LogP contribution in [0.4, 0.5) is 18.9 Å². The van der Waals surface area contributed by atoms with Gasteiger partial charge in [0.05, 0.1) is 15.5 Å². The Labute approximate surface area is 181 Å². The Morgan fingerprint density at radius 3 is 2.22 bits per heavy atom. The van der Waals surface area contributed by atoms with Crippen molar-refractivity contribution in [3.05, 3.63) is 42.2 Å². The molecule has 1 aromatic carbocycles. The lowest BCUT2D eigenvalue weighted by Gasteiger charge is -2.17. The quantitative estimate of drug-likeness (QED) is 0.529. The Morgan fingerprint density at radius 1 is 1.16 bits per heavy atom. The third kappa shape index (κ3) is 6.33. The topological polar surface area (TPSA) is 154 Å². The van der Waals surface area contributed by atoms with Crippen LogP contribution in [-0.4, -0.2) is 37.6 Å². The van der Waals surface area contributed by atoms with E-state index >= 15 is 0 Å². The fourth-order valence-corrected chi connectivity index (χ4v) is 3.94. The molecule has 0 saturated heterocycles. The number of ether oxygens (including phenoxy) is 1. The van der Waals surface area contributed by atoms with E-state index in [0.29, 0.717) is 0 Å². The highest BCUT2D eigenvalue weighted by Gasteiger charge is 2.31. The number of rotatable bonds is 8. The molecule has 1 aromatic heterocycles. The van der Waals surface area contributed by atoms with E-state index in [1.807, 2.05) is 13.8 Å². The number of nitrogen functional groups attached to an aromatic ring is 1. The molecule has 0 saturated carbocycles. The lowest BCUT2D eigenvalue weighted by molar-refractivity contribution is -0.274. The van der Waals surface area contributed by atoms with Gasteiger partial charge in [-0.3, -0.25) is 9.59 Å². The van der Waals surface area contributed by atoms with E-state index in [1.54, 1.807) is 0 Å². The first kappa shape index (κ1) is 24.9. The van der Waals surface area contributed by atoms with Crippen LogP contribution in [0.1, 0.15) is 30.8 Å². The summed E-state index contributed by atoms with van der Waals surface area (Å²) in [6, 6.07) is 3.56. The molecule has 0 spiro atoms. The van der Waals surface area contributed by atoms with Crippen LogP contribution in [0.2, 0.25) is 0 Å². The maximum atomic E-state index is 12.7. The molecule has 2 aromatic rings. The molecule has 1 heterocycles. The number of aromatic nitrogens is 1. The second-order valence-corrected chi connectivity index (χ2v) is 9.14. The molecular formula is C19H21F3N4O5S. The first-order valence-electron chi connectivity index (χ1n) is 9.17. The van der Waals surface area contributed by atoms with E-state index in [0.717, 1.165) is 36.5 Å². The van der Waals surface area contributed by atoms with Gasteiger partial charge < -0.3 is 21.5 Å².